The first-order valence-corrected chi connectivity index (χ1v) is 12.2. The Labute approximate surface area is 199 Å². The van der Waals surface area contributed by atoms with E-state index in [1.807, 2.05) is 47.4 Å². The van der Waals surface area contributed by atoms with Crippen molar-refractivity contribution in [3.05, 3.63) is 71.2 Å². The Bertz CT molecular complexity index is 1090. The molecule has 0 unspecified atom stereocenters. The van der Waals surface area contributed by atoms with Gasteiger partial charge >= 0.3 is 0 Å². The molecule has 0 spiro atoms. The average Bonchev–Trinajstić information content (AvgIpc) is 3.11. The van der Waals surface area contributed by atoms with E-state index in [0.717, 1.165) is 35.7 Å². The van der Waals surface area contributed by atoms with Crippen LogP contribution in [0.2, 0.25) is 0 Å². The molecule has 1 saturated carbocycles. The second-order valence-corrected chi connectivity index (χ2v) is 9.58. The molecule has 1 heterocycles. The van der Waals surface area contributed by atoms with Crippen molar-refractivity contribution < 1.29 is 14.6 Å². The van der Waals surface area contributed by atoms with Gasteiger partial charge in [0.2, 0.25) is 0 Å². The summed E-state index contributed by atoms with van der Waals surface area (Å²) in [5.74, 6) is 0.906. The molecule has 0 aromatic heterocycles. The zero-order chi connectivity index (χ0) is 23.4. The molecule has 2 fully saturated rings. The number of aromatic hydroxyl groups is 1. The van der Waals surface area contributed by atoms with E-state index in [1.165, 1.54) is 25.3 Å². The number of para-hydroxylation sites is 1. The number of phenols is 1. The molecule has 1 amide bonds. The molecule has 1 N–H and O–H groups in total. The third-order valence-corrected chi connectivity index (χ3v) is 7.26. The van der Waals surface area contributed by atoms with Gasteiger partial charge in [-0.15, -0.1) is 6.58 Å². The Kier molecular flexibility index (Phi) is 7.23. The lowest BCUT2D eigenvalue weighted by Crippen LogP contribution is -2.44. The SMILES string of the molecule is C=CCc1cc(/C=C2\SC(=Nc3ccccc3)N([C@@H]3CCCC[C@@H]3C)C2=O)cc(OC)c1O. The second-order valence-electron chi connectivity index (χ2n) is 8.57. The van der Waals surface area contributed by atoms with Crippen LogP contribution in [0, 0.1) is 5.92 Å². The number of hydrogen-bond donors (Lipinski definition) is 1. The van der Waals surface area contributed by atoms with Crippen LogP contribution in [0.25, 0.3) is 6.08 Å². The fraction of sp³-hybridized carbons (Fsp3) is 0.333. The molecule has 2 aromatic carbocycles. The van der Waals surface area contributed by atoms with Crippen molar-refractivity contribution in [2.75, 3.05) is 7.11 Å². The van der Waals surface area contributed by atoms with Gasteiger partial charge in [0.05, 0.1) is 17.7 Å². The lowest BCUT2D eigenvalue weighted by Gasteiger charge is -2.35. The summed E-state index contributed by atoms with van der Waals surface area (Å²) >= 11 is 1.41. The third-order valence-electron chi connectivity index (χ3n) is 6.27. The first kappa shape index (κ1) is 23.2. The van der Waals surface area contributed by atoms with Gasteiger partial charge in [0.15, 0.2) is 16.7 Å². The van der Waals surface area contributed by atoms with E-state index >= 15 is 0 Å². The van der Waals surface area contributed by atoms with E-state index in [2.05, 4.69) is 13.5 Å². The maximum absolute atomic E-state index is 13.6. The summed E-state index contributed by atoms with van der Waals surface area (Å²) in [6.07, 6.45) is 8.56. The number of amidine groups is 1. The zero-order valence-corrected chi connectivity index (χ0v) is 20.0. The topological polar surface area (TPSA) is 62.1 Å². The summed E-state index contributed by atoms with van der Waals surface area (Å²) < 4.78 is 5.36. The highest BCUT2D eigenvalue weighted by atomic mass is 32.2. The molecule has 33 heavy (non-hydrogen) atoms. The maximum Gasteiger partial charge on any atom is 0.267 e. The summed E-state index contributed by atoms with van der Waals surface area (Å²) in [7, 11) is 1.52. The summed E-state index contributed by atoms with van der Waals surface area (Å²) in [6, 6.07) is 13.6. The van der Waals surface area contributed by atoms with Crippen LogP contribution in [0.5, 0.6) is 11.5 Å². The van der Waals surface area contributed by atoms with Crippen molar-refractivity contribution in [3.63, 3.8) is 0 Å². The van der Waals surface area contributed by atoms with Crippen LogP contribution < -0.4 is 4.74 Å². The van der Waals surface area contributed by atoms with E-state index in [9.17, 15) is 9.90 Å². The number of allylic oxidation sites excluding steroid dienone is 1. The van der Waals surface area contributed by atoms with E-state index in [0.29, 0.717) is 28.6 Å². The number of ether oxygens (including phenoxy) is 1. The Morgan fingerprint density at radius 3 is 2.70 bits per heavy atom. The molecule has 4 rings (SSSR count). The van der Waals surface area contributed by atoms with Gasteiger partial charge in [-0.05, 0) is 72.8 Å². The molecule has 2 aliphatic rings. The van der Waals surface area contributed by atoms with Crippen LogP contribution >= 0.6 is 11.8 Å². The number of phenolic OH excluding ortho intramolecular Hbond substituents is 1. The van der Waals surface area contributed by atoms with Crippen LogP contribution in [0.15, 0.2) is 65.0 Å². The summed E-state index contributed by atoms with van der Waals surface area (Å²) in [4.78, 5) is 21.0. The molecule has 172 valence electrons. The predicted octanol–water partition coefficient (Wildman–Crippen LogP) is 6.31. The monoisotopic (exact) mass is 462 g/mol. The first-order chi connectivity index (χ1) is 16.0. The molecule has 5 nitrogen and oxygen atoms in total. The van der Waals surface area contributed by atoms with Crippen LogP contribution in [-0.4, -0.2) is 34.2 Å². The molecular formula is C27H30N2O3S. The largest absolute Gasteiger partial charge is 0.504 e. The number of amides is 1. The number of methoxy groups -OCH3 is 1. The smallest absolute Gasteiger partial charge is 0.267 e. The van der Waals surface area contributed by atoms with Crippen molar-refractivity contribution in [2.24, 2.45) is 10.9 Å². The zero-order valence-electron chi connectivity index (χ0n) is 19.2. The van der Waals surface area contributed by atoms with Gasteiger partial charge in [-0.3, -0.25) is 9.69 Å². The van der Waals surface area contributed by atoms with Gasteiger partial charge < -0.3 is 9.84 Å². The lowest BCUT2D eigenvalue weighted by atomic mass is 9.85. The van der Waals surface area contributed by atoms with Gasteiger partial charge in [-0.2, -0.15) is 0 Å². The molecule has 0 radical (unpaired) electrons. The first-order valence-electron chi connectivity index (χ1n) is 11.4. The Morgan fingerprint density at radius 2 is 2.00 bits per heavy atom. The van der Waals surface area contributed by atoms with Crippen molar-refractivity contribution in [1.82, 2.24) is 4.90 Å². The van der Waals surface area contributed by atoms with Crippen molar-refractivity contribution in [2.45, 2.75) is 45.1 Å². The minimum absolute atomic E-state index is 0.00857. The van der Waals surface area contributed by atoms with Crippen molar-refractivity contribution in [1.29, 1.82) is 0 Å². The fourth-order valence-electron chi connectivity index (χ4n) is 4.54. The number of benzene rings is 2. The molecule has 1 aliphatic carbocycles. The molecule has 2 aromatic rings. The van der Waals surface area contributed by atoms with Gasteiger partial charge in [-0.1, -0.05) is 44.0 Å². The molecule has 1 saturated heterocycles. The molecule has 1 aliphatic heterocycles. The lowest BCUT2D eigenvalue weighted by molar-refractivity contribution is -0.124. The Balaban J connectivity index is 1.75. The normalized spacial score (nSPS) is 23.3. The van der Waals surface area contributed by atoms with Crippen LogP contribution in [-0.2, 0) is 11.2 Å². The standard InChI is InChI=1S/C27H30N2O3S/c1-4-10-20-15-19(16-23(32-3)25(20)30)17-24-26(31)29(22-14-9-8-11-18(22)2)27(33-24)28-21-12-6-5-7-13-21/h4-7,12-13,15-18,22,30H,1,8-11,14H2,2-3H3/b24-17-,28-27?/t18-,22+/m0/s1. The number of carbonyl (C=O) groups excluding carboxylic acids is 1. The van der Waals surface area contributed by atoms with Crippen molar-refractivity contribution in [3.8, 4) is 11.5 Å². The van der Waals surface area contributed by atoms with Crippen LogP contribution in [0.1, 0.15) is 43.7 Å². The van der Waals surface area contributed by atoms with Crippen LogP contribution in [0.3, 0.4) is 0 Å². The fourth-order valence-corrected chi connectivity index (χ4v) is 5.59. The molecular weight excluding hydrogens is 432 g/mol. The average molecular weight is 463 g/mol. The quantitative estimate of drug-likeness (QED) is 0.403. The second kappa shape index (κ2) is 10.3. The number of thioether (sulfide) groups is 1. The number of rotatable bonds is 6. The highest BCUT2D eigenvalue weighted by Gasteiger charge is 2.41. The van der Waals surface area contributed by atoms with Crippen LogP contribution in [0.4, 0.5) is 5.69 Å². The number of nitrogens with zero attached hydrogens (tertiary/aromatic N) is 2. The van der Waals surface area contributed by atoms with Gasteiger partial charge in [0, 0.05) is 11.6 Å². The van der Waals surface area contributed by atoms with Gasteiger partial charge in [-0.25, -0.2) is 4.99 Å². The minimum Gasteiger partial charge on any atom is -0.504 e. The van der Waals surface area contributed by atoms with E-state index in [1.54, 1.807) is 12.1 Å². The molecule has 6 heteroatoms. The summed E-state index contributed by atoms with van der Waals surface area (Å²) in [6.45, 7) is 6.00. The van der Waals surface area contributed by atoms with Crippen molar-refractivity contribution >= 4 is 34.6 Å². The highest BCUT2D eigenvalue weighted by molar-refractivity contribution is 8.18. The Morgan fingerprint density at radius 1 is 1.24 bits per heavy atom. The predicted molar refractivity (Wildman–Crippen MR) is 136 cm³/mol. The van der Waals surface area contributed by atoms with E-state index in [4.69, 9.17) is 9.73 Å². The number of carbonyl (C=O) groups is 1. The number of aliphatic imine (C=N–C) groups is 1. The van der Waals surface area contributed by atoms with Gasteiger partial charge in [0.1, 0.15) is 0 Å². The van der Waals surface area contributed by atoms with E-state index < -0.39 is 0 Å². The summed E-state index contributed by atoms with van der Waals surface area (Å²) in [5.41, 5.74) is 2.35. The van der Waals surface area contributed by atoms with E-state index in [-0.39, 0.29) is 17.7 Å². The number of hydrogen-bond acceptors (Lipinski definition) is 5. The Hall–Kier alpha value is -2.99. The molecule has 2 atom stereocenters. The minimum atomic E-state index is -0.00857. The summed E-state index contributed by atoms with van der Waals surface area (Å²) in [5, 5.41) is 11.1. The third kappa shape index (κ3) is 5.01. The molecule has 0 bridgehead atoms. The maximum atomic E-state index is 13.6. The highest BCUT2D eigenvalue weighted by Crippen LogP contribution is 2.41. The van der Waals surface area contributed by atoms with Gasteiger partial charge in [0.25, 0.3) is 5.91 Å².